The van der Waals surface area contributed by atoms with Crippen molar-refractivity contribution in [2.45, 2.75) is 44.8 Å². The fourth-order valence-corrected chi connectivity index (χ4v) is 6.11. The van der Waals surface area contributed by atoms with Crippen LogP contribution < -0.4 is 5.73 Å². The van der Waals surface area contributed by atoms with Crippen molar-refractivity contribution in [3.05, 3.63) is 16.3 Å². The van der Waals surface area contributed by atoms with E-state index < -0.39 is 0 Å². The van der Waals surface area contributed by atoms with Crippen molar-refractivity contribution in [1.82, 2.24) is 14.9 Å². The van der Waals surface area contributed by atoms with Crippen LogP contribution in [0.25, 0.3) is 10.2 Å². The van der Waals surface area contributed by atoms with Gasteiger partial charge < -0.3 is 10.6 Å². The third-order valence-corrected chi connectivity index (χ3v) is 7.59. The van der Waals surface area contributed by atoms with Crippen LogP contribution in [0.1, 0.15) is 42.5 Å². The summed E-state index contributed by atoms with van der Waals surface area (Å²) in [5.41, 5.74) is 7.69. The van der Waals surface area contributed by atoms with Gasteiger partial charge in [0.15, 0.2) is 0 Å². The number of rotatable bonds is 2. The number of fused-ring (bicyclic) bond motifs is 3. The maximum absolute atomic E-state index is 6.29. The number of nitrogen functional groups attached to an aromatic ring is 1. The number of thiocarbonyl (C=S) groups is 1. The van der Waals surface area contributed by atoms with E-state index in [9.17, 15) is 0 Å². The zero-order chi connectivity index (χ0) is 16.7. The summed E-state index contributed by atoms with van der Waals surface area (Å²) < 4.78 is 0.967. The van der Waals surface area contributed by atoms with Crippen LogP contribution in [0.5, 0.6) is 0 Å². The van der Waals surface area contributed by atoms with Crippen molar-refractivity contribution in [3.63, 3.8) is 0 Å². The lowest BCUT2D eigenvalue weighted by Gasteiger charge is -2.18. The van der Waals surface area contributed by atoms with Crippen molar-refractivity contribution < 1.29 is 0 Å². The summed E-state index contributed by atoms with van der Waals surface area (Å²) in [7, 11) is 0. The fraction of sp³-hybridized carbons (Fsp3) is 0.588. The first-order valence-electron chi connectivity index (χ1n) is 8.60. The van der Waals surface area contributed by atoms with Crippen LogP contribution in [0.3, 0.4) is 0 Å². The molecular weight excluding hydrogens is 356 g/mol. The van der Waals surface area contributed by atoms with Crippen LogP contribution in [0.2, 0.25) is 0 Å². The number of aromatic nitrogens is 2. The lowest BCUT2D eigenvalue weighted by Crippen LogP contribution is -2.23. The molecule has 128 valence electrons. The minimum absolute atomic E-state index is 0.648. The van der Waals surface area contributed by atoms with Gasteiger partial charge in [-0.25, -0.2) is 9.97 Å². The molecule has 1 fully saturated rings. The molecule has 1 aliphatic carbocycles. The minimum atomic E-state index is 0.648. The highest BCUT2D eigenvalue weighted by Crippen LogP contribution is 2.39. The zero-order valence-corrected chi connectivity index (χ0v) is 16.3. The van der Waals surface area contributed by atoms with Crippen molar-refractivity contribution in [1.29, 1.82) is 0 Å². The van der Waals surface area contributed by atoms with Crippen molar-refractivity contribution >= 4 is 55.7 Å². The van der Waals surface area contributed by atoms with Crippen LogP contribution in [0, 0.1) is 5.92 Å². The van der Waals surface area contributed by atoms with Gasteiger partial charge in [0.1, 0.15) is 20.8 Å². The van der Waals surface area contributed by atoms with Crippen molar-refractivity contribution in [2.24, 2.45) is 5.92 Å². The van der Waals surface area contributed by atoms with Crippen molar-refractivity contribution in [3.8, 4) is 0 Å². The van der Waals surface area contributed by atoms with Gasteiger partial charge in [-0.05, 0) is 43.6 Å². The number of thioether (sulfide) groups is 1. The number of nitrogens with two attached hydrogens (primary N) is 1. The van der Waals surface area contributed by atoms with E-state index in [0.717, 1.165) is 52.2 Å². The molecule has 4 nitrogen and oxygen atoms in total. The van der Waals surface area contributed by atoms with Crippen LogP contribution in [0.4, 0.5) is 5.82 Å². The molecule has 0 amide bonds. The van der Waals surface area contributed by atoms with Crippen LogP contribution in [0.15, 0.2) is 0 Å². The normalized spacial score (nSPS) is 20.5. The van der Waals surface area contributed by atoms with E-state index in [1.807, 2.05) is 11.3 Å². The molecule has 0 bridgehead atoms. The first kappa shape index (κ1) is 16.5. The average molecular weight is 379 g/mol. The Hall–Kier alpha value is -0.920. The molecule has 2 N–H and O–H groups in total. The molecule has 2 aliphatic rings. The Labute approximate surface area is 156 Å². The lowest BCUT2D eigenvalue weighted by molar-refractivity contribution is 0.509. The van der Waals surface area contributed by atoms with Gasteiger partial charge in [-0.1, -0.05) is 30.9 Å². The van der Waals surface area contributed by atoms with Gasteiger partial charge >= 0.3 is 0 Å². The molecule has 24 heavy (non-hydrogen) atoms. The van der Waals surface area contributed by atoms with E-state index in [1.165, 1.54) is 29.7 Å². The summed E-state index contributed by atoms with van der Waals surface area (Å²) in [5, 5.41) is 1.11. The first-order valence-corrected chi connectivity index (χ1v) is 10.8. The molecule has 3 heterocycles. The maximum atomic E-state index is 6.29. The molecule has 4 rings (SSSR count). The number of nitrogens with zero attached hydrogens (tertiary/aromatic N) is 3. The summed E-state index contributed by atoms with van der Waals surface area (Å²) in [5.74, 6) is 2.91. The molecule has 0 aromatic carbocycles. The Morgan fingerprint density at radius 1 is 1.38 bits per heavy atom. The van der Waals surface area contributed by atoms with E-state index in [1.54, 1.807) is 11.8 Å². The summed E-state index contributed by atoms with van der Waals surface area (Å²) in [6, 6.07) is 0. The van der Waals surface area contributed by atoms with Gasteiger partial charge in [-0.2, -0.15) is 0 Å². The summed E-state index contributed by atoms with van der Waals surface area (Å²) in [4.78, 5) is 14.2. The monoisotopic (exact) mass is 378 g/mol. The van der Waals surface area contributed by atoms with Gasteiger partial charge in [0, 0.05) is 18.0 Å². The van der Waals surface area contributed by atoms with E-state index in [2.05, 4.69) is 16.8 Å². The van der Waals surface area contributed by atoms with Gasteiger partial charge in [-0.3, -0.25) is 0 Å². The second kappa shape index (κ2) is 6.77. The number of thiophene rings is 1. The predicted molar refractivity (Wildman–Crippen MR) is 108 cm³/mol. The highest BCUT2D eigenvalue weighted by molar-refractivity contribution is 8.22. The molecule has 1 unspecified atom stereocenters. The maximum Gasteiger partial charge on any atom is 0.142 e. The second-order valence-electron chi connectivity index (χ2n) is 6.81. The Balaban J connectivity index is 1.55. The fourth-order valence-electron chi connectivity index (χ4n) is 3.60. The average Bonchev–Trinajstić information content (AvgIpc) is 3.19. The zero-order valence-electron chi connectivity index (χ0n) is 13.9. The molecule has 2 aromatic heterocycles. The third kappa shape index (κ3) is 3.13. The molecule has 2 aromatic rings. The largest absolute Gasteiger partial charge is 0.383 e. The summed E-state index contributed by atoms with van der Waals surface area (Å²) in [6.45, 7) is 4.50. The van der Waals surface area contributed by atoms with Crippen LogP contribution in [-0.2, 0) is 18.6 Å². The molecule has 1 atom stereocenters. The number of hydrogen-bond acceptors (Lipinski definition) is 6. The van der Waals surface area contributed by atoms with Crippen molar-refractivity contribution in [2.75, 3.05) is 18.8 Å². The molecule has 1 saturated heterocycles. The summed E-state index contributed by atoms with van der Waals surface area (Å²) >= 11 is 9.00. The van der Waals surface area contributed by atoms with Gasteiger partial charge in [0.2, 0.25) is 0 Å². The van der Waals surface area contributed by atoms with E-state index in [-0.39, 0.29) is 0 Å². The Bertz CT molecular complexity index is 780. The summed E-state index contributed by atoms with van der Waals surface area (Å²) in [6.07, 6.45) is 5.99. The first-order chi connectivity index (χ1) is 11.6. The van der Waals surface area contributed by atoms with Crippen LogP contribution >= 0.6 is 35.3 Å². The molecule has 7 heteroatoms. The number of hydrogen-bond donors (Lipinski definition) is 1. The third-order valence-electron chi connectivity index (χ3n) is 4.92. The Morgan fingerprint density at radius 3 is 2.96 bits per heavy atom. The Morgan fingerprint density at radius 2 is 2.17 bits per heavy atom. The standard InChI is InChI=1S/C17H22N4S3/c1-10-4-5-11-12(8-10)24-16-14(11)15(18)19-13(20-16)9-23-17(22)21-6-2-3-7-21/h10H,2-9H2,1H3,(H2,18,19,20). The van der Waals surface area contributed by atoms with Crippen LogP contribution in [-0.4, -0.2) is 32.3 Å². The van der Waals surface area contributed by atoms with E-state index in [0.29, 0.717) is 11.6 Å². The van der Waals surface area contributed by atoms with Gasteiger partial charge in [0.25, 0.3) is 0 Å². The predicted octanol–water partition coefficient (Wildman–Crippen LogP) is 4.01. The quantitative estimate of drug-likeness (QED) is 0.797. The number of anilines is 1. The van der Waals surface area contributed by atoms with Gasteiger partial charge in [0.05, 0.1) is 11.1 Å². The second-order valence-corrected chi connectivity index (χ2v) is 9.50. The molecule has 0 spiro atoms. The highest BCUT2D eigenvalue weighted by Gasteiger charge is 2.23. The lowest BCUT2D eigenvalue weighted by atomic mass is 9.89. The molecule has 0 radical (unpaired) electrons. The topological polar surface area (TPSA) is 55.0 Å². The van der Waals surface area contributed by atoms with E-state index in [4.69, 9.17) is 22.9 Å². The highest BCUT2D eigenvalue weighted by atomic mass is 32.2. The Kier molecular flexibility index (Phi) is 4.66. The van der Waals surface area contributed by atoms with E-state index >= 15 is 0 Å². The number of aryl methyl sites for hydroxylation is 1. The minimum Gasteiger partial charge on any atom is -0.383 e. The molecular formula is C17H22N4S3. The van der Waals surface area contributed by atoms with Gasteiger partial charge in [-0.15, -0.1) is 11.3 Å². The number of likely N-dealkylation sites (tertiary alicyclic amines) is 1. The SMILES string of the molecule is CC1CCc2c(sc3nc(CSC(=S)N4CCCC4)nc(N)c23)C1. The molecule has 0 saturated carbocycles. The smallest absolute Gasteiger partial charge is 0.142 e. The molecule has 1 aliphatic heterocycles.